The topological polar surface area (TPSA) is 117 Å². The number of fused-ring (bicyclic) bond motifs is 1. The van der Waals surface area contributed by atoms with Crippen molar-refractivity contribution in [1.29, 1.82) is 0 Å². The zero-order chi connectivity index (χ0) is 26.4. The van der Waals surface area contributed by atoms with Crippen LogP contribution in [0.4, 0.5) is 5.69 Å². The van der Waals surface area contributed by atoms with E-state index in [4.69, 9.17) is 14.2 Å². The van der Waals surface area contributed by atoms with Gasteiger partial charge >= 0.3 is 5.97 Å². The van der Waals surface area contributed by atoms with Gasteiger partial charge in [0.1, 0.15) is 6.10 Å². The van der Waals surface area contributed by atoms with Crippen LogP contribution >= 0.6 is 0 Å². The number of ether oxygens (including phenoxy) is 3. The summed E-state index contributed by atoms with van der Waals surface area (Å²) in [6.45, 7) is 1.71. The number of nitro groups is 1. The van der Waals surface area contributed by atoms with Crippen molar-refractivity contribution in [3.63, 3.8) is 0 Å². The van der Waals surface area contributed by atoms with Crippen molar-refractivity contribution >= 4 is 17.4 Å². The van der Waals surface area contributed by atoms with Crippen LogP contribution in [0, 0.1) is 10.1 Å². The molecule has 0 spiro atoms. The van der Waals surface area contributed by atoms with Crippen LogP contribution in [0.3, 0.4) is 0 Å². The van der Waals surface area contributed by atoms with Gasteiger partial charge in [-0.1, -0.05) is 30.3 Å². The van der Waals surface area contributed by atoms with Gasteiger partial charge in [0.15, 0.2) is 17.3 Å². The number of Topliss-reactive ketones (excluding diaryl/α,β-unsaturated/α-hetero) is 1. The van der Waals surface area contributed by atoms with Gasteiger partial charge in [-0.3, -0.25) is 14.9 Å². The highest BCUT2D eigenvalue weighted by Gasteiger charge is 2.45. The summed E-state index contributed by atoms with van der Waals surface area (Å²) in [6, 6.07) is 12.7. The van der Waals surface area contributed by atoms with Crippen LogP contribution in [0.5, 0.6) is 11.5 Å². The minimum Gasteiger partial charge on any atom is -0.459 e. The molecule has 4 aliphatic rings. The number of nitro benzene ring substituents is 1. The summed E-state index contributed by atoms with van der Waals surface area (Å²) in [5.41, 5.74) is 2.86. The molecule has 0 aromatic heterocycles. The second-order valence-corrected chi connectivity index (χ2v) is 10.3. The van der Waals surface area contributed by atoms with Crippen molar-refractivity contribution in [3.05, 3.63) is 86.2 Å². The number of rotatable bonds is 5. The Morgan fingerprint density at radius 3 is 2.50 bits per heavy atom. The lowest BCUT2D eigenvalue weighted by Crippen LogP contribution is -2.36. The maximum absolute atomic E-state index is 13.8. The lowest BCUT2D eigenvalue weighted by atomic mass is 9.71. The highest BCUT2D eigenvalue weighted by atomic mass is 16.7. The Morgan fingerprint density at radius 1 is 1.08 bits per heavy atom. The van der Waals surface area contributed by atoms with Gasteiger partial charge in [0.05, 0.1) is 22.5 Å². The van der Waals surface area contributed by atoms with E-state index in [1.807, 2.05) is 30.3 Å². The molecule has 0 bridgehead atoms. The predicted molar refractivity (Wildman–Crippen MR) is 137 cm³/mol. The highest BCUT2D eigenvalue weighted by molar-refractivity contribution is 6.04. The number of nitrogens with one attached hydrogen (secondary N) is 1. The van der Waals surface area contributed by atoms with E-state index in [1.165, 1.54) is 12.1 Å². The van der Waals surface area contributed by atoms with Crippen molar-refractivity contribution < 1.29 is 28.7 Å². The van der Waals surface area contributed by atoms with E-state index in [0.29, 0.717) is 29.1 Å². The molecule has 6 rings (SSSR count). The van der Waals surface area contributed by atoms with Crippen LogP contribution in [-0.2, 0) is 14.3 Å². The van der Waals surface area contributed by atoms with E-state index in [9.17, 15) is 19.7 Å². The first kappa shape index (κ1) is 24.2. The van der Waals surface area contributed by atoms with Gasteiger partial charge in [0, 0.05) is 29.0 Å². The maximum Gasteiger partial charge on any atom is 0.337 e. The fourth-order valence-corrected chi connectivity index (χ4v) is 6.14. The summed E-state index contributed by atoms with van der Waals surface area (Å²) in [5, 5.41) is 15.6. The average molecular weight is 517 g/mol. The molecule has 2 aromatic rings. The summed E-state index contributed by atoms with van der Waals surface area (Å²) in [6.07, 6.45) is 4.12. The number of carbonyl (C=O) groups is 2. The van der Waals surface area contributed by atoms with Crippen molar-refractivity contribution in [3.8, 4) is 11.5 Å². The Balaban J connectivity index is 1.48. The molecule has 0 amide bonds. The SMILES string of the molecule is CC1=C(C(=O)OC2CCCC2)[C@H](c2cc3c(cc2[N+](=O)[O-])OCO3)C2=C(C[C@@H](c3ccccc3)CC2=O)N1. The predicted octanol–water partition coefficient (Wildman–Crippen LogP) is 5.17. The molecule has 2 heterocycles. The zero-order valence-corrected chi connectivity index (χ0v) is 21.0. The number of hydrogen-bond donors (Lipinski definition) is 1. The quantitative estimate of drug-likeness (QED) is 0.329. The number of benzene rings is 2. The molecule has 9 nitrogen and oxygen atoms in total. The van der Waals surface area contributed by atoms with Gasteiger partial charge in [-0.2, -0.15) is 0 Å². The third-order valence-electron chi connectivity index (χ3n) is 7.92. The number of allylic oxidation sites excluding steroid dienone is 3. The van der Waals surface area contributed by atoms with E-state index in [-0.39, 0.29) is 53.6 Å². The number of nitrogens with zero attached hydrogens (tertiary/aromatic N) is 1. The van der Waals surface area contributed by atoms with Gasteiger partial charge in [-0.25, -0.2) is 4.79 Å². The van der Waals surface area contributed by atoms with Crippen LogP contribution in [0.25, 0.3) is 0 Å². The molecular weight excluding hydrogens is 488 g/mol. The molecule has 0 unspecified atom stereocenters. The lowest BCUT2D eigenvalue weighted by molar-refractivity contribution is -0.385. The Morgan fingerprint density at radius 2 is 1.79 bits per heavy atom. The Hall–Kier alpha value is -4.14. The van der Waals surface area contributed by atoms with Crippen LogP contribution in [0.2, 0.25) is 0 Å². The molecule has 9 heteroatoms. The molecule has 0 radical (unpaired) electrons. The van der Waals surface area contributed by atoms with E-state index in [2.05, 4.69) is 5.32 Å². The van der Waals surface area contributed by atoms with Crippen LogP contribution in [-0.4, -0.2) is 29.6 Å². The normalized spacial score (nSPS) is 22.8. The fraction of sp³-hybridized carbons (Fsp3) is 0.379. The van der Waals surface area contributed by atoms with E-state index >= 15 is 0 Å². The Labute approximate surface area is 219 Å². The molecule has 196 valence electrons. The average Bonchev–Trinajstić information content (AvgIpc) is 3.59. The lowest BCUT2D eigenvalue weighted by Gasteiger charge is -2.36. The molecule has 1 saturated carbocycles. The fourth-order valence-electron chi connectivity index (χ4n) is 6.14. The first-order valence-electron chi connectivity index (χ1n) is 13.0. The van der Waals surface area contributed by atoms with Crippen molar-refractivity contribution in [2.45, 2.75) is 63.4 Å². The number of esters is 1. The minimum absolute atomic E-state index is 0.0397. The van der Waals surface area contributed by atoms with Crippen LogP contribution in [0.1, 0.15) is 68.4 Å². The van der Waals surface area contributed by atoms with Gasteiger partial charge in [-0.05, 0) is 56.6 Å². The maximum atomic E-state index is 13.8. The van der Waals surface area contributed by atoms with Crippen molar-refractivity contribution in [2.24, 2.45) is 0 Å². The van der Waals surface area contributed by atoms with Crippen molar-refractivity contribution in [2.75, 3.05) is 6.79 Å². The van der Waals surface area contributed by atoms with Crippen molar-refractivity contribution in [1.82, 2.24) is 5.32 Å². The Bertz CT molecular complexity index is 1390. The number of carbonyl (C=O) groups excluding carboxylic acids is 2. The monoisotopic (exact) mass is 516 g/mol. The second kappa shape index (κ2) is 9.63. The number of hydrogen-bond acceptors (Lipinski definition) is 8. The molecule has 2 aliphatic carbocycles. The van der Waals surface area contributed by atoms with Crippen LogP contribution < -0.4 is 14.8 Å². The first-order chi connectivity index (χ1) is 18.4. The molecular formula is C29H28N2O7. The third-order valence-corrected chi connectivity index (χ3v) is 7.92. The molecule has 0 saturated heterocycles. The molecule has 2 aliphatic heterocycles. The van der Waals surface area contributed by atoms with Gasteiger partial charge in [-0.15, -0.1) is 0 Å². The van der Waals surface area contributed by atoms with E-state index in [0.717, 1.165) is 31.2 Å². The molecule has 2 atom stereocenters. The summed E-state index contributed by atoms with van der Waals surface area (Å²) < 4.78 is 16.8. The van der Waals surface area contributed by atoms with Crippen LogP contribution in [0.15, 0.2) is 65.0 Å². The van der Waals surface area contributed by atoms with Gasteiger partial charge in [0.25, 0.3) is 5.69 Å². The van der Waals surface area contributed by atoms with Gasteiger partial charge < -0.3 is 19.5 Å². The third kappa shape index (κ3) is 4.21. The minimum atomic E-state index is -0.959. The van der Waals surface area contributed by atoms with E-state index in [1.54, 1.807) is 6.92 Å². The smallest absolute Gasteiger partial charge is 0.337 e. The number of ketones is 1. The summed E-state index contributed by atoms with van der Waals surface area (Å²) in [5.74, 6) is -1.09. The standard InChI is InChI=1S/C29H28N2O7/c1-16-26(29(33)38-19-9-5-6-10-19)27(20-13-24-25(37-15-36-24)14-22(20)31(34)35)28-21(30-16)11-18(12-23(28)32)17-7-3-2-4-8-17/h2-4,7-8,13-14,18-19,27,30H,5-6,9-12,15H2,1H3/t18-,27+/m1/s1. The molecule has 1 N–H and O–H groups in total. The zero-order valence-electron chi connectivity index (χ0n) is 21.0. The first-order valence-corrected chi connectivity index (χ1v) is 13.0. The molecule has 38 heavy (non-hydrogen) atoms. The molecule has 2 aromatic carbocycles. The van der Waals surface area contributed by atoms with Gasteiger partial charge in [0.2, 0.25) is 6.79 Å². The Kier molecular flexibility index (Phi) is 6.13. The second-order valence-electron chi connectivity index (χ2n) is 10.3. The largest absolute Gasteiger partial charge is 0.459 e. The summed E-state index contributed by atoms with van der Waals surface area (Å²) in [7, 11) is 0. The summed E-state index contributed by atoms with van der Waals surface area (Å²) >= 11 is 0. The molecule has 1 fully saturated rings. The number of dihydropyridines is 1. The van der Waals surface area contributed by atoms with E-state index < -0.39 is 16.8 Å². The summed E-state index contributed by atoms with van der Waals surface area (Å²) in [4.78, 5) is 39.2. The highest BCUT2D eigenvalue weighted by Crippen LogP contribution is 2.50.